The van der Waals surface area contributed by atoms with Gasteiger partial charge in [-0.1, -0.05) is 18.2 Å². The van der Waals surface area contributed by atoms with E-state index < -0.39 is 0 Å². The topological polar surface area (TPSA) is 63.2 Å². The van der Waals surface area contributed by atoms with E-state index in [0.717, 1.165) is 25.1 Å². The number of carbonyl (C=O) groups is 1. The Hall–Kier alpha value is -1.82. The van der Waals surface area contributed by atoms with Crippen molar-refractivity contribution in [2.45, 2.75) is 25.3 Å². The second-order valence-electron chi connectivity index (χ2n) is 5.33. The largest absolute Gasteiger partial charge is 0.455 e. The second kappa shape index (κ2) is 10.1. The molecule has 24 heavy (non-hydrogen) atoms. The van der Waals surface area contributed by atoms with Gasteiger partial charge in [0.2, 0.25) is 5.91 Å². The van der Waals surface area contributed by atoms with Crippen LogP contribution in [0.15, 0.2) is 48.8 Å². The van der Waals surface area contributed by atoms with Gasteiger partial charge in [0.1, 0.15) is 11.4 Å². The summed E-state index contributed by atoms with van der Waals surface area (Å²) in [5, 5.41) is 6.21. The number of carbonyl (C=O) groups excluding carboxylic acids is 1. The summed E-state index contributed by atoms with van der Waals surface area (Å²) in [5.41, 5.74) is 0.592. The van der Waals surface area contributed by atoms with E-state index in [1.165, 1.54) is 0 Å². The average molecular weight is 370 g/mol. The van der Waals surface area contributed by atoms with E-state index in [1.54, 1.807) is 18.5 Å². The molecular formula is C17H21Cl2N3O2. The molecule has 1 aliphatic rings. The van der Waals surface area contributed by atoms with E-state index >= 15 is 0 Å². The van der Waals surface area contributed by atoms with Crippen LogP contribution in [0.1, 0.15) is 19.3 Å². The number of benzene rings is 1. The molecule has 0 aliphatic carbocycles. The van der Waals surface area contributed by atoms with Crippen LogP contribution in [-0.2, 0) is 4.79 Å². The number of amides is 1. The maximum absolute atomic E-state index is 12.1. The molecule has 7 heteroatoms. The zero-order chi connectivity index (χ0) is 15.2. The molecule has 0 radical (unpaired) electrons. The molecular weight excluding hydrogens is 349 g/mol. The lowest BCUT2D eigenvalue weighted by Crippen LogP contribution is -2.27. The Morgan fingerprint density at radius 3 is 2.75 bits per heavy atom. The lowest BCUT2D eigenvalue weighted by atomic mass is 10.1. The van der Waals surface area contributed by atoms with Crippen molar-refractivity contribution in [1.29, 1.82) is 0 Å². The Kier molecular flexibility index (Phi) is 8.54. The van der Waals surface area contributed by atoms with Crippen molar-refractivity contribution >= 4 is 36.4 Å². The van der Waals surface area contributed by atoms with Crippen LogP contribution in [0.3, 0.4) is 0 Å². The summed E-state index contributed by atoms with van der Waals surface area (Å²) < 4.78 is 5.81. The molecule has 1 atom stereocenters. The van der Waals surface area contributed by atoms with Crippen molar-refractivity contribution in [3.63, 3.8) is 0 Å². The summed E-state index contributed by atoms with van der Waals surface area (Å²) in [6.45, 7) is 0.993. The molecule has 1 aromatic heterocycles. The molecule has 2 N–H and O–H groups in total. The smallest absolute Gasteiger partial charge is 0.226 e. The first-order valence-electron chi connectivity index (χ1n) is 7.51. The molecule has 130 valence electrons. The maximum atomic E-state index is 12.1. The van der Waals surface area contributed by atoms with E-state index in [2.05, 4.69) is 15.6 Å². The monoisotopic (exact) mass is 369 g/mol. The summed E-state index contributed by atoms with van der Waals surface area (Å²) in [7, 11) is 0. The van der Waals surface area contributed by atoms with Crippen LogP contribution in [0.25, 0.3) is 0 Å². The summed E-state index contributed by atoms with van der Waals surface area (Å²) in [5.74, 6) is 1.29. The second-order valence-corrected chi connectivity index (χ2v) is 5.33. The highest BCUT2D eigenvalue weighted by molar-refractivity contribution is 5.92. The van der Waals surface area contributed by atoms with E-state index in [1.807, 2.05) is 30.3 Å². The van der Waals surface area contributed by atoms with Gasteiger partial charge < -0.3 is 15.4 Å². The van der Waals surface area contributed by atoms with Gasteiger partial charge in [-0.05, 0) is 31.5 Å². The first-order chi connectivity index (χ1) is 10.8. The molecule has 0 spiro atoms. The lowest BCUT2D eigenvalue weighted by molar-refractivity contribution is -0.116. The van der Waals surface area contributed by atoms with E-state index in [4.69, 9.17) is 4.74 Å². The first kappa shape index (κ1) is 20.2. The third kappa shape index (κ3) is 5.67. The minimum atomic E-state index is -0.0229. The minimum Gasteiger partial charge on any atom is -0.455 e. The molecule has 1 fully saturated rings. The van der Waals surface area contributed by atoms with Gasteiger partial charge in [-0.25, -0.2) is 0 Å². The number of halogens is 2. The summed E-state index contributed by atoms with van der Waals surface area (Å²) in [6.07, 6.45) is 5.91. The number of nitrogens with zero attached hydrogens (tertiary/aromatic N) is 1. The van der Waals surface area contributed by atoms with Crippen molar-refractivity contribution in [2.24, 2.45) is 0 Å². The van der Waals surface area contributed by atoms with Crippen LogP contribution in [0.5, 0.6) is 11.5 Å². The van der Waals surface area contributed by atoms with Gasteiger partial charge in [-0.15, -0.1) is 24.8 Å². The summed E-state index contributed by atoms with van der Waals surface area (Å²) in [6, 6.07) is 11.5. The average Bonchev–Trinajstić information content (AvgIpc) is 3.03. The Labute approximate surface area is 154 Å². The third-order valence-corrected chi connectivity index (χ3v) is 3.62. The molecule has 0 saturated carbocycles. The van der Waals surface area contributed by atoms with Crippen molar-refractivity contribution in [3.05, 3.63) is 48.8 Å². The number of hydrogen-bond donors (Lipinski definition) is 2. The van der Waals surface area contributed by atoms with Gasteiger partial charge in [0.25, 0.3) is 0 Å². The van der Waals surface area contributed by atoms with Crippen LogP contribution in [0.4, 0.5) is 5.69 Å². The van der Waals surface area contributed by atoms with Crippen LogP contribution in [0, 0.1) is 0 Å². The molecule has 5 nitrogen and oxygen atoms in total. The van der Waals surface area contributed by atoms with Crippen LogP contribution in [-0.4, -0.2) is 23.5 Å². The van der Waals surface area contributed by atoms with Crippen LogP contribution < -0.4 is 15.4 Å². The molecule has 1 aromatic carbocycles. The number of rotatable bonds is 5. The molecule has 2 aromatic rings. The Morgan fingerprint density at radius 2 is 2.04 bits per heavy atom. The van der Waals surface area contributed by atoms with E-state index in [0.29, 0.717) is 17.9 Å². The van der Waals surface area contributed by atoms with Gasteiger partial charge in [0.15, 0.2) is 5.75 Å². The highest BCUT2D eigenvalue weighted by Gasteiger charge is 2.18. The van der Waals surface area contributed by atoms with Crippen molar-refractivity contribution < 1.29 is 9.53 Å². The van der Waals surface area contributed by atoms with Gasteiger partial charge in [-0.3, -0.25) is 9.78 Å². The van der Waals surface area contributed by atoms with Crippen LogP contribution in [0.2, 0.25) is 0 Å². The number of pyridine rings is 1. The predicted molar refractivity (Wildman–Crippen MR) is 99.5 cm³/mol. The first-order valence-corrected chi connectivity index (χ1v) is 7.51. The quantitative estimate of drug-likeness (QED) is 0.841. The van der Waals surface area contributed by atoms with E-state index in [9.17, 15) is 4.79 Å². The zero-order valence-electron chi connectivity index (χ0n) is 13.1. The normalized spacial score (nSPS) is 15.8. The number of ether oxygens (including phenoxy) is 1. The van der Waals surface area contributed by atoms with Gasteiger partial charge >= 0.3 is 0 Å². The molecule has 3 rings (SSSR count). The zero-order valence-corrected chi connectivity index (χ0v) is 14.7. The molecule has 1 saturated heterocycles. The maximum Gasteiger partial charge on any atom is 0.226 e. The molecule has 2 heterocycles. The van der Waals surface area contributed by atoms with Crippen molar-refractivity contribution in [1.82, 2.24) is 10.3 Å². The number of anilines is 1. The van der Waals surface area contributed by atoms with Crippen molar-refractivity contribution in [2.75, 3.05) is 11.9 Å². The van der Waals surface area contributed by atoms with Gasteiger partial charge in [0.05, 0.1) is 6.20 Å². The number of aromatic nitrogens is 1. The number of para-hydroxylation sites is 1. The highest BCUT2D eigenvalue weighted by Crippen LogP contribution is 2.28. The Bertz CT molecular complexity index is 635. The molecule has 1 aliphatic heterocycles. The number of hydrogen-bond acceptors (Lipinski definition) is 4. The fourth-order valence-corrected chi connectivity index (χ4v) is 2.54. The van der Waals surface area contributed by atoms with Gasteiger partial charge in [-0.2, -0.15) is 0 Å². The third-order valence-electron chi connectivity index (χ3n) is 3.62. The standard InChI is InChI=1S/C17H19N3O2.2ClH/c21-17(11-13-5-4-9-19-13)20-15-12-18-10-8-16(15)22-14-6-2-1-3-7-14;;/h1-3,6-8,10,12-13,19H,4-5,9,11H2,(H,20,21);2*1H. The SMILES string of the molecule is Cl.Cl.O=C(CC1CCCN1)Nc1cnccc1Oc1ccccc1. The van der Waals surface area contributed by atoms with E-state index in [-0.39, 0.29) is 36.8 Å². The number of nitrogens with one attached hydrogen (secondary N) is 2. The van der Waals surface area contributed by atoms with Crippen LogP contribution >= 0.6 is 24.8 Å². The molecule has 0 bridgehead atoms. The van der Waals surface area contributed by atoms with Crippen molar-refractivity contribution in [3.8, 4) is 11.5 Å². The Balaban J connectivity index is 0.00000144. The molecule has 1 unspecified atom stereocenters. The predicted octanol–water partition coefficient (Wildman–Crippen LogP) is 3.80. The Morgan fingerprint density at radius 1 is 1.25 bits per heavy atom. The summed E-state index contributed by atoms with van der Waals surface area (Å²) >= 11 is 0. The fourth-order valence-electron chi connectivity index (χ4n) is 2.54. The fraction of sp³-hybridized carbons (Fsp3) is 0.294. The molecule has 1 amide bonds. The highest BCUT2D eigenvalue weighted by atomic mass is 35.5. The van der Waals surface area contributed by atoms with Gasteiger partial charge in [0, 0.05) is 24.7 Å². The minimum absolute atomic E-state index is 0. The lowest BCUT2D eigenvalue weighted by Gasteiger charge is -2.13. The summed E-state index contributed by atoms with van der Waals surface area (Å²) in [4.78, 5) is 16.2.